The van der Waals surface area contributed by atoms with Crippen LogP contribution in [-0.2, 0) is 6.54 Å². The Morgan fingerprint density at radius 2 is 2.15 bits per heavy atom. The number of fused-ring (bicyclic) bond motifs is 1. The highest BCUT2D eigenvalue weighted by atomic mass is 79.9. The summed E-state index contributed by atoms with van der Waals surface area (Å²) >= 11 is 17.5. The van der Waals surface area contributed by atoms with Gasteiger partial charge >= 0.3 is 0 Å². The molecule has 0 saturated carbocycles. The summed E-state index contributed by atoms with van der Waals surface area (Å²) in [6, 6.07) is 9.92. The van der Waals surface area contributed by atoms with Gasteiger partial charge in [0.25, 0.3) is 0 Å². The number of aromatic nitrogens is 2. The molecule has 2 aromatic heterocycles. The molecule has 0 amide bonds. The van der Waals surface area contributed by atoms with Crippen LogP contribution in [0.25, 0.3) is 11.0 Å². The zero-order chi connectivity index (χ0) is 14.3. The van der Waals surface area contributed by atoms with Crippen molar-refractivity contribution < 1.29 is 0 Å². The minimum absolute atomic E-state index is 0.149. The Morgan fingerprint density at radius 3 is 2.80 bits per heavy atom. The lowest BCUT2D eigenvalue weighted by Crippen LogP contribution is -2.04. The molecule has 2 heterocycles. The maximum atomic E-state index is 6.27. The van der Waals surface area contributed by atoms with E-state index in [0.29, 0.717) is 5.02 Å². The topological polar surface area (TPSA) is 17.8 Å². The molecule has 3 aromatic rings. The molecule has 0 aliphatic rings. The summed E-state index contributed by atoms with van der Waals surface area (Å²) in [4.78, 5) is 5.87. The molecule has 104 valence electrons. The smallest absolute Gasteiger partial charge is 0.128 e. The molecule has 1 aromatic carbocycles. The van der Waals surface area contributed by atoms with Gasteiger partial charge in [-0.2, -0.15) is 0 Å². The summed E-state index contributed by atoms with van der Waals surface area (Å²) in [5.74, 6) is 0.869. The standard InChI is InChI=1S/C14H11BrCl2N2S/c1-8(16)14-18-11-6-9(17)2-4-12(11)19(14)7-10-3-5-13(15)20-10/h2-6,8H,7H2,1H3. The van der Waals surface area contributed by atoms with E-state index < -0.39 is 0 Å². The van der Waals surface area contributed by atoms with Crippen LogP contribution in [0.2, 0.25) is 5.02 Å². The first kappa shape index (κ1) is 14.4. The Labute approximate surface area is 139 Å². The first-order valence-electron chi connectivity index (χ1n) is 6.08. The Balaban J connectivity index is 2.13. The maximum absolute atomic E-state index is 6.27. The predicted octanol–water partition coefficient (Wildman–Crippen LogP) is 5.86. The Kier molecular flexibility index (Phi) is 4.09. The van der Waals surface area contributed by atoms with E-state index in [0.717, 1.165) is 27.2 Å². The van der Waals surface area contributed by atoms with Gasteiger partial charge in [-0.05, 0) is 53.2 Å². The van der Waals surface area contributed by atoms with Gasteiger partial charge < -0.3 is 4.57 Å². The minimum Gasteiger partial charge on any atom is -0.321 e. The van der Waals surface area contributed by atoms with E-state index >= 15 is 0 Å². The lowest BCUT2D eigenvalue weighted by molar-refractivity contribution is 0.750. The van der Waals surface area contributed by atoms with Crippen molar-refractivity contribution in [3.8, 4) is 0 Å². The highest BCUT2D eigenvalue weighted by molar-refractivity contribution is 9.11. The number of nitrogens with zero attached hydrogens (tertiary/aromatic N) is 2. The van der Waals surface area contributed by atoms with Gasteiger partial charge in [0, 0.05) is 9.90 Å². The largest absolute Gasteiger partial charge is 0.321 e. The maximum Gasteiger partial charge on any atom is 0.128 e. The van der Waals surface area contributed by atoms with Crippen molar-refractivity contribution in [2.24, 2.45) is 0 Å². The highest BCUT2D eigenvalue weighted by Crippen LogP contribution is 2.29. The van der Waals surface area contributed by atoms with Crippen LogP contribution in [0.1, 0.15) is 23.0 Å². The Morgan fingerprint density at radius 1 is 1.35 bits per heavy atom. The number of halogens is 3. The van der Waals surface area contributed by atoms with Crippen molar-refractivity contribution in [3.63, 3.8) is 0 Å². The van der Waals surface area contributed by atoms with E-state index in [9.17, 15) is 0 Å². The number of thiophene rings is 1. The zero-order valence-electron chi connectivity index (χ0n) is 10.6. The Hall–Kier alpha value is -0.550. The van der Waals surface area contributed by atoms with Crippen LogP contribution in [0, 0.1) is 0 Å². The molecule has 0 fully saturated rings. The molecule has 0 aliphatic heterocycles. The lowest BCUT2D eigenvalue weighted by atomic mass is 10.3. The Bertz CT molecular complexity index is 764. The molecule has 0 aliphatic carbocycles. The van der Waals surface area contributed by atoms with Crippen molar-refractivity contribution in [1.29, 1.82) is 0 Å². The van der Waals surface area contributed by atoms with Crippen LogP contribution >= 0.6 is 50.5 Å². The number of rotatable bonds is 3. The van der Waals surface area contributed by atoms with Crippen LogP contribution in [-0.4, -0.2) is 9.55 Å². The molecule has 3 rings (SSSR count). The molecule has 1 unspecified atom stereocenters. The third-order valence-corrected chi connectivity index (χ3v) is 5.08. The summed E-state index contributed by atoms with van der Waals surface area (Å²) in [6.45, 7) is 2.70. The summed E-state index contributed by atoms with van der Waals surface area (Å²) in [5.41, 5.74) is 1.94. The first-order valence-corrected chi connectivity index (χ1v) is 8.51. The average molecular weight is 390 g/mol. The van der Waals surface area contributed by atoms with Crippen molar-refractivity contribution in [3.05, 3.63) is 49.8 Å². The fraction of sp³-hybridized carbons (Fsp3) is 0.214. The third kappa shape index (κ3) is 2.75. The number of imidazole rings is 1. The van der Waals surface area contributed by atoms with E-state index in [1.54, 1.807) is 11.3 Å². The second-order valence-corrected chi connectivity index (χ2v) is 8.15. The van der Waals surface area contributed by atoms with Gasteiger partial charge in [0.1, 0.15) is 5.82 Å². The van der Waals surface area contributed by atoms with E-state index in [1.165, 1.54) is 4.88 Å². The number of hydrogen-bond donors (Lipinski definition) is 0. The van der Waals surface area contributed by atoms with Crippen LogP contribution in [0.3, 0.4) is 0 Å². The number of hydrogen-bond acceptors (Lipinski definition) is 2. The molecular weight excluding hydrogens is 379 g/mol. The quantitative estimate of drug-likeness (QED) is 0.512. The summed E-state index contributed by atoms with van der Waals surface area (Å²) in [5, 5.41) is 0.541. The molecule has 1 atom stereocenters. The summed E-state index contributed by atoms with van der Waals surface area (Å²) < 4.78 is 3.28. The van der Waals surface area contributed by atoms with Gasteiger partial charge in [-0.3, -0.25) is 0 Å². The molecule has 0 saturated heterocycles. The highest BCUT2D eigenvalue weighted by Gasteiger charge is 2.16. The molecule has 2 nitrogen and oxygen atoms in total. The molecule has 6 heteroatoms. The minimum atomic E-state index is -0.149. The number of alkyl halides is 1. The molecule has 20 heavy (non-hydrogen) atoms. The van der Waals surface area contributed by atoms with Crippen LogP contribution in [0.4, 0.5) is 0 Å². The van der Waals surface area contributed by atoms with Gasteiger partial charge in [-0.15, -0.1) is 22.9 Å². The van der Waals surface area contributed by atoms with Gasteiger partial charge in [0.05, 0.1) is 26.7 Å². The first-order chi connectivity index (χ1) is 9.54. The van der Waals surface area contributed by atoms with E-state index in [1.807, 2.05) is 25.1 Å². The lowest BCUT2D eigenvalue weighted by Gasteiger charge is -2.09. The molecule has 0 N–H and O–H groups in total. The van der Waals surface area contributed by atoms with Crippen LogP contribution < -0.4 is 0 Å². The van der Waals surface area contributed by atoms with Crippen molar-refractivity contribution in [2.45, 2.75) is 18.8 Å². The van der Waals surface area contributed by atoms with Gasteiger partial charge in [0.15, 0.2) is 0 Å². The second kappa shape index (κ2) is 5.68. The third-order valence-electron chi connectivity index (χ3n) is 3.04. The van der Waals surface area contributed by atoms with E-state index in [4.69, 9.17) is 23.2 Å². The SMILES string of the molecule is CC(Cl)c1nc2cc(Cl)ccc2n1Cc1ccc(Br)s1. The predicted molar refractivity (Wildman–Crippen MR) is 90.1 cm³/mol. The molecule has 0 radical (unpaired) electrons. The van der Waals surface area contributed by atoms with E-state index in [-0.39, 0.29) is 5.38 Å². The molecular formula is C14H11BrCl2N2S. The average Bonchev–Trinajstić information content (AvgIpc) is 2.94. The summed E-state index contributed by atoms with van der Waals surface area (Å²) in [7, 11) is 0. The second-order valence-electron chi connectivity index (χ2n) is 4.51. The van der Waals surface area contributed by atoms with Crippen LogP contribution in [0.15, 0.2) is 34.1 Å². The molecule has 0 spiro atoms. The normalized spacial score (nSPS) is 13.0. The van der Waals surface area contributed by atoms with Gasteiger partial charge in [-0.1, -0.05) is 11.6 Å². The van der Waals surface area contributed by atoms with Gasteiger partial charge in [-0.25, -0.2) is 4.98 Å². The van der Waals surface area contributed by atoms with Crippen molar-refractivity contribution in [1.82, 2.24) is 9.55 Å². The fourth-order valence-electron chi connectivity index (χ4n) is 2.18. The van der Waals surface area contributed by atoms with Gasteiger partial charge in [0.2, 0.25) is 0 Å². The van der Waals surface area contributed by atoms with Crippen molar-refractivity contribution in [2.75, 3.05) is 0 Å². The number of benzene rings is 1. The van der Waals surface area contributed by atoms with Crippen molar-refractivity contribution >= 4 is 61.5 Å². The summed E-state index contributed by atoms with van der Waals surface area (Å²) in [6.07, 6.45) is 0. The van der Waals surface area contributed by atoms with E-state index in [2.05, 4.69) is 37.6 Å². The van der Waals surface area contributed by atoms with Crippen LogP contribution in [0.5, 0.6) is 0 Å². The zero-order valence-corrected chi connectivity index (χ0v) is 14.5. The molecule has 0 bridgehead atoms. The monoisotopic (exact) mass is 388 g/mol. The fourth-order valence-corrected chi connectivity index (χ4v) is 3.99.